The van der Waals surface area contributed by atoms with Gasteiger partial charge in [0, 0.05) is 35.7 Å². The number of H-pyrrole nitrogens is 1. The van der Waals surface area contributed by atoms with Crippen LogP contribution in [0.4, 0.5) is 0 Å². The van der Waals surface area contributed by atoms with E-state index in [0.29, 0.717) is 18.2 Å². The van der Waals surface area contributed by atoms with Crippen LogP contribution >= 0.6 is 0 Å². The highest BCUT2D eigenvalue weighted by Gasteiger charge is 2.30. The molecule has 5 nitrogen and oxygen atoms in total. The van der Waals surface area contributed by atoms with Gasteiger partial charge in [-0.25, -0.2) is 0 Å². The number of carbonyl (C=O) groups excluding carboxylic acids is 1. The Bertz CT molecular complexity index is 893. The summed E-state index contributed by atoms with van der Waals surface area (Å²) in [6.45, 7) is 5.50. The lowest BCUT2D eigenvalue weighted by Crippen LogP contribution is -2.39. The number of benzene rings is 1. The van der Waals surface area contributed by atoms with Gasteiger partial charge in [-0.1, -0.05) is 18.2 Å². The lowest BCUT2D eigenvalue weighted by Gasteiger charge is -2.32. The number of likely N-dealkylation sites (tertiary alicyclic amines) is 1. The summed E-state index contributed by atoms with van der Waals surface area (Å²) in [4.78, 5) is 14.9. The lowest BCUT2D eigenvalue weighted by atomic mass is 9.92. The first-order valence-corrected chi connectivity index (χ1v) is 8.42. The van der Waals surface area contributed by atoms with Gasteiger partial charge in [0.25, 0.3) is 5.91 Å². The summed E-state index contributed by atoms with van der Waals surface area (Å²) in [7, 11) is 0. The van der Waals surface area contributed by atoms with Crippen molar-refractivity contribution in [3.63, 3.8) is 0 Å². The molecule has 1 amide bonds. The Morgan fingerprint density at radius 1 is 1.33 bits per heavy atom. The standard InChI is InChI=1S/C19H21N3O2/c1-12-10-20-21-17(12)14-6-5-9-22(11-14)19(23)18-13(2)15-7-3-4-8-16(15)24-18/h3-4,7-8,10,14H,5-6,9,11H2,1-2H3,(H,20,21)/t14-/m1/s1. The molecule has 24 heavy (non-hydrogen) atoms. The molecule has 1 aromatic carbocycles. The van der Waals surface area contributed by atoms with Gasteiger partial charge in [-0.2, -0.15) is 5.10 Å². The number of nitrogens with one attached hydrogen (secondary N) is 1. The van der Waals surface area contributed by atoms with Crippen LogP contribution in [0.2, 0.25) is 0 Å². The topological polar surface area (TPSA) is 62.1 Å². The number of hydrogen-bond donors (Lipinski definition) is 1. The summed E-state index contributed by atoms with van der Waals surface area (Å²) < 4.78 is 5.85. The number of nitrogens with zero attached hydrogens (tertiary/aromatic N) is 2. The zero-order valence-corrected chi connectivity index (χ0v) is 14.0. The predicted molar refractivity (Wildman–Crippen MR) is 92.2 cm³/mol. The molecule has 1 atom stereocenters. The molecule has 5 heteroatoms. The molecule has 1 N–H and O–H groups in total. The number of amides is 1. The van der Waals surface area contributed by atoms with Gasteiger partial charge in [0.15, 0.2) is 5.76 Å². The van der Waals surface area contributed by atoms with Crippen LogP contribution in [-0.4, -0.2) is 34.1 Å². The number of fused-ring (bicyclic) bond motifs is 1. The first kappa shape index (κ1) is 15.0. The third-order valence-electron chi connectivity index (χ3n) is 5.02. The summed E-state index contributed by atoms with van der Waals surface area (Å²) in [5.41, 5.74) is 4.01. The number of para-hydroxylation sites is 1. The van der Waals surface area contributed by atoms with E-state index in [0.717, 1.165) is 47.2 Å². The summed E-state index contributed by atoms with van der Waals surface area (Å²) >= 11 is 0. The number of furan rings is 1. The number of aryl methyl sites for hydroxylation is 2. The van der Waals surface area contributed by atoms with Crippen molar-refractivity contribution in [2.45, 2.75) is 32.6 Å². The second-order valence-electron chi connectivity index (χ2n) is 6.61. The molecule has 1 aliphatic heterocycles. The van der Waals surface area contributed by atoms with Crippen molar-refractivity contribution >= 4 is 16.9 Å². The third kappa shape index (κ3) is 2.40. The molecule has 0 unspecified atom stereocenters. The fraction of sp³-hybridized carbons (Fsp3) is 0.368. The van der Waals surface area contributed by atoms with Gasteiger partial charge in [-0.05, 0) is 38.3 Å². The Kier molecular flexibility index (Phi) is 3.63. The van der Waals surface area contributed by atoms with Crippen LogP contribution in [0.5, 0.6) is 0 Å². The number of rotatable bonds is 2. The molecule has 1 aliphatic rings. The fourth-order valence-corrected chi connectivity index (χ4v) is 3.69. The number of piperidine rings is 1. The highest BCUT2D eigenvalue weighted by atomic mass is 16.3. The van der Waals surface area contributed by atoms with Crippen molar-refractivity contribution in [2.75, 3.05) is 13.1 Å². The molecule has 124 valence electrons. The maximum Gasteiger partial charge on any atom is 0.289 e. The van der Waals surface area contributed by atoms with Crippen molar-refractivity contribution in [2.24, 2.45) is 0 Å². The van der Waals surface area contributed by atoms with Crippen LogP contribution in [0.1, 0.15) is 46.1 Å². The van der Waals surface area contributed by atoms with Gasteiger partial charge >= 0.3 is 0 Å². The molecule has 0 saturated carbocycles. The minimum atomic E-state index is -0.00873. The molecule has 1 fully saturated rings. The Hall–Kier alpha value is -2.56. The van der Waals surface area contributed by atoms with Crippen LogP contribution in [-0.2, 0) is 0 Å². The first-order valence-electron chi connectivity index (χ1n) is 8.42. The van der Waals surface area contributed by atoms with E-state index in [4.69, 9.17) is 4.42 Å². The van der Waals surface area contributed by atoms with Crippen LogP contribution in [0, 0.1) is 13.8 Å². The van der Waals surface area contributed by atoms with Gasteiger partial charge < -0.3 is 9.32 Å². The van der Waals surface area contributed by atoms with Crippen molar-refractivity contribution in [1.82, 2.24) is 15.1 Å². The SMILES string of the molecule is Cc1cn[nH]c1[C@@H]1CCCN(C(=O)c2oc3ccccc3c2C)C1. The van der Waals surface area contributed by atoms with Crippen molar-refractivity contribution in [1.29, 1.82) is 0 Å². The molecule has 0 spiro atoms. The van der Waals surface area contributed by atoms with E-state index in [2.05, 4.69) is 17.1 Å². The molecule has 3 aromatic rings. The van der Waals surface area contributed by atoms with Gasteiger partial charge in [0.2, 0.25) is 0 Å². The molecular formula is C19H21N3O2. The molecule has 1 saturated heterocycles. The Balaban J connectivity index is 1.61. The average molecular weight is 323 g/mol. The van der Waals surface area contributed by atoms with E-state index >= 15 is 0 Å². The maximum atomic E-state index is 13.0. The van der Waals surface area contributed by atoms with E-state index < -0.39 is 0 Å². The minimum absolute atomic E-state index is 0.00873. The minimum Gasteiger partial charge on any atom is -0.451 e. The molecule has 4 rings (SSSR count). The van der Waals surface area contributed by atoms with Crippen LogP contribution in [0.3, 0.4) is 0 Å². The molecular weight excluding hydrogens is 302 g/mol. The number of aromatic amines is 1. The van der Waals surface area contributed by atoms with Gasteiger partial charge in [0.1, 0.15) is 5.58 Å². The van der Waals surface area contributed by atoms with Crippen LogP contribution < -0.4 is 0 Å². The smallest absolute Gasteiger partial charge is 0.289 e. The number of carbonyl (C=O) groups is 1. The zero-order valence-electron chi connectivity index (χ0n) is 14.0. The largest absolute Gasteiger partial charge is 0.451 e. The molecule has 0 aliphatic carbocycles. The third-order valence-corrected chi connectivity index (χ3v) is 5.02. The first-order chi connectivity index (χ1) is 11.6. The quantitative estimate of drug-likeness (QED) is 0.780. The Morgan fingerprint density at radius 3 is 2.92 bits per heavy atom. The van der Waals surface area contributed by atoms with E-state index in [1.54, 1.807) is 0 Å². The summed E-state index contributed by atoms with van der Waals surface area (Å²) in [6, 6.07) is 7.80. The van der Waals surface area contributed by atoms with Crippen LogP contribution in [0.15, 0.2) is 34.9 Å². The normalized spacial score (nSPS) is 18.2. The number of aromatic nitrogens is 2. The van der Waals surface area contributed by atoms with Crippen molar-refractivity contribution < 1.29 is 9.21 Å². The van der Waals surface area contributed by atoms with E-state index in [9.17, 15) is 4.79 Å². The van der Waals surface area contributed by atoms with E-state index in [1.807, 2.05) is 42.3 Å². The molecule has 0 bridgehead atoms. The van der Waals surface area contributed by atoms with Crippen LogP contribution in [0.25, 0.3) is 11.0 Å². The highest BCUT2D eigenvalue weighted by Crippen LogP contribution is 2.30. The second kappa shape index (κ2) is 5.82. The second-order valence-corrected chi connectivity index (χ2v) is 6.61. The predicted octanol–water partition coefficient (Wildman–Crippen LogP) is 3.79. The number of hydrogen-bond acceptors (Lipinski definition) is 3. The average Bonchev–Trinajstić information content (AvgIpc) is 3.18. The zero-order chi connectivity index (χ0) is 16.7. The molecule has 0 radical (unpaired) electrons. The van der Waals surface area contributed by atoms with E-state index in [1.165, 1.54) is 0 Å². The van der Waals surface area contributed by atoms with Crippen molar-refractivity contribution in [3.05, 3.63) is 53.0 Å². The fourth-order valence-electron chi connectivity index (χ4n) is 3.69. The van der Waals surface area contributed by atoms with Gasteiger partial charge in [0.05, 0.1) is 6.20 Å². The molecule has 2 aromatic heterocycles. The van der Waals surface area contributed by atoms with E-state index in [-0.39, 0.29) is 5.91 Å². The Morgan fingerprint density at radius 2 is 2.17 bits per heavy atom. The van der Waals surface area contributed by atoms with Crippen molar-refractivity contribution in [3.8, 4) is 0 Å². The summed E-state index contributed by atoms with van der Waals surface area (Å²) in [6.07, 6.45) is 3.92. The van der Waals surface area contributed by atoms with Gasteiger partial charge in [-0.15, -0.1) is 0 Å². The Labute approximate surface area is 140 Å². The summed E-state index contributed by atoms with van der Waals surface area (Å²) in [5, 5.41) is 8.23. The summed E-state index contributed by atoms with van der Waals surface area (Å²) in [5.74, 6) is 0.777. The molecule has 3 heterocycles. The monoisotopic (exact) mass is 323 g/mol. The lowest BCUT2D eigenvalue weighted by molar-refractivity contribution is 0.0675. The van der Waals surface area contributed by atoms with Gasteiger partial charge in [-0.3, -0.25) is 9.89 Å². The maximum absolute atomic E-state index is 13.0. The highest BCUT2D eigenvalue weighted by molar-refractivity contribution is 5.99.